The van der Waals surface area contributed by atoms with E-state index in [2.05, 4.69) is 0 Å². The second kappa shape index (κ2) is 6.67. The Hall–Kier alpha value is -0.950. The lowest BCUT2D eigenvalue weighted by molar-refractivity contribution is -0.137. The smallest absolute Gasteiger partial charge is 0.416 e. The van der Waals surface area contributed by atoms with Crippen LogP contribution in [0.25, 0.3) is 0 Å². The van der Waals surface area contributed by atoms with Gasteiger partial charge in [0.25, 0.3) is 0 Å². The van der Waals surface area contributed by atoms with Crippen LogP contribution in [-0.4, -0.2) is 20.8 Å². The summed E-state index contributed by atoms with van der Waals surface area (Å²) in [6.07, 6.45) is -3.86. The number of rotatable bonds is 6. The van der Waals surface area contributed by atoms with Gasteiger partial charge in [0.15, 0.2) is 0 Å². The van der Waals surface area contributed by atoms with Crippen molar-refractivity contribution >= 4 is 19.7 Å². The van der Waals surface area contributed by atoms with Crippen LogP contribution in [-0.2, 0) is 15.2 Å². The van der Waals surface area contributed by atoms with E-state index in [1.807, 2.05) is 0 Å². The molecule has 0 N–H and O–H groups in total. The Morgan fingerprint density at radius 1 is 1.25 bits per heavy atom. The summed E-state index contributed by atoms with van der Waals surface area (Å²) in [6, 6.07) is 4.22. The molecule has 20 heavy (non-hydrogen) atoms. The van der Waals surface area contributed by atoms with Crippen LogP contribution in [0.3, 0.4) is 0 Å². The predicted octanol–water partition coefficient (Wildman–Crippen LogP) is 3.68. The molecule has 0 bridgehead atoms. The van der Waals surface area contributed by atoms with Gasteiger partial charge >= 0.3 is 6.18 Å². The number of benzene rings is 1. The van der Waals surface area contributed by atoms with Crippen LogP contribution in [0.4, 0.5) is 13.2 Å². The molecule has 0 aliphatic carbocycles. The molecule has 0 fully saturated rings. The lowest BCUT2D eigenvalue weighted by Crippen LogP contribution is -2.19. The quantitative estimate of drug-likeness (QED) is 0.747. The minimum absolute atomic E-state index is 0.0772. The molecule has 114 valence electrons. The summed E-state index contributed by atoms with van der Waals surface area (Å²) in [7, 11) is 1.53. The summed E-state index contributed by atoms with van der Waals surface area (Å²) in [4.78, 5) is 0. The van der Waals surface area contributed by atoms with E-state index in [4.69, 9.17) is 15.4 Å². The van der Waals surface area contributed by atoms with Crippen molar-refractivity contribution in [2.24, 2.45) is 5.92 Å². The molecule has 1 aromatic carbocycles. The van der Waals surface area contributed by atoms with Crippen LogP contribution in [0.1, 0.15) is 18.9 Å². The van der Waals surface area contributed by atoms with Crippen molar-refractivity contribution in [1.82, 2.24) is 0 Å². The van der Waals surface area contributed by atoms with Crippen molar-refractivity contribution in [2.45, 2.75) is 19.5 Å². The van der Waals surface area contributed by atoms with Gasteiger partial charge in [-0.15, -0.1) is 0 Å². The lowest BCUT2D eigenvalue weighted by atomic mass is 10.1. The van der Waals surface area contributed by atoms with Crippen molar-refractivity contribution < 1.29 is 26.3 Å². The van der Waals surface area contributed by atoms with E-state index in [9.17, 15) is 21.6 Å². The maximum atomic E-state index is 12.4. The molecule has 1 atom stereocenters. The zero-order valence-electron chi connectivity index (χ0n) is 10.7. The second-order valence-corrected chi connectivity index (χ2v) is 7.13. The van der Waals surface area contributed by atoms with Gasteiger partial charge in [-0.05, 0) is 30.7 Å². The van der Waals surface area contributed by atoms with Crippen molar-refractivity contribution in [3.8, 4) is 5.75 Å². The molecule has 1 aromatic rings. The molecule has 1 unspecified atom stereocenters. The molecule has 3 nitrogen and oxygen atoms in total. The number of halogens is 4. The third-order valence-corrected chi connectivity index (χ3v) is 3.93. The topological polar surface area (TPSA) is 43.4 Å². The molecule has 0 aliphatic heterocycles. The fraction of sp³-hybridized carbons (Fsp3) is 0.500. The first kappa shape index (κ1) is 17.1. The summed E-state index contributed by atoms with van der Waals surface area (Å²) in [5.74, 6) is -0.283. The highest BCUT2D eigenvalue weighted by atomic mass is 35.7. The standard InChI is InChI=1S/C12H14ClF3O3S/c1-2-9(8-20(13,17)18)7-19-11-5-3-10(4-6-11)12(14,15)16/h3-6,9H,2,7-8H2,1H3. The average molecular weight is 331 g/mol. The first-order valence-electron chi connectivity index (χ1n) is 5.84. The zero-order chi connectivity index (χ0) is 15.4. The molecule has 0 saturated heterocycles. The van der Waals surface area contributed by atoms with E-state index in [0.717, 1.165) is 12.1 Å². The average Bonchev–Trinajstić information content (AvgIpc) is 2.32. The highest BCUT2D eigenvalue weighted by Crippen LogP contribution is 2.30. The largest absolute Gasteiger partial charge is 0.493 e. The maximum absolute atomic E-state index is 12.4. The fourth-order valence-corrected chi connectivity index (χ4v) is 2.95. The van der Waals surface area contributed by atoms with Crippen molar-refractivity contribution in [2.75, 3.05) is 12.4 Å². The molecule has 8 heteroatoms. The fourth-order valence-electron chi connectivity index (χ4n) is 1.52. The molecular weight excluding hydrogens is 317 g/mol. The van der Waals surface area contributed by atoms with Gasteiger partial charge in [-0.1, -0.05) is 6.92 Å². The van der Waals surface area contributed by atoms with Gasteiger partial charge in [0.05, 0.1) is 17.9 Å². The third-order valence-electron chi connectivity index (χ3n) is 2.68. The Balaban J connectivity index is 2.61. The van der Waals surface area contributed by atoms with Gasteiger partial charge in [-0.3, -0.25) is 0 Å². The third kappa shape index (κ3) is 6.00. The Labute approximate surface area is 120 Å². The lowest BCUT2D eigenvalue weighted by Gasteiger charge is -2.14. The van der Waals surface area contributed by atoms with Crippen molar-refractivity contribution in [3.05, 3.63) is 29.8 Å². The van der Waals surface area contributed by atoms with Crippen LogP contribution in [0.2, 0.25) is 0 Å². The molecule has 0 aromatic heterocycles. The van der Waals surface area contributed by atoms with E-state index < -0.39 is 20.8 Å². The van der Waals surface area contributed by atoms with Crippen LogP contribution >= 0.6 is 10.7 Å². The van der Waals surface area contributed by atoms with Gasteiger partial charge in [-0.2, -0.15) is 13.2 Å². The molecule has 0 spiro atoms. The monoisotopic (exact) mass is 330 g/mol. The first-order valence-corrected chi connectivity index (χ1v) is 8.32. The summed E-state index contributed by atoms with van der Waals surface area (Å²) >= 11 is 0. The minimum Gasteiger partial charge on any atom is -0.493 e. The number of alkyl halides is 3. The minimum atomic E-state index is -4.39. The summed E-state index contributed by atoms with van der Waals surface area (Å²) < 4.78 is 64.2. The molecule has 1 rings (SSSR count). The zero-order valence-corrected chi connectivity index (χ0v) is 12.2. The molecule has 0 radical (unpaired) electrons. The first-order chi connectivity index (χ1) is 9.12. The van der Waals surface area contributed by atoms with Crippen LogP contribution in [0.5, 0.6) is 5.75 Å². The highest BCUT2D eigenvalue weighted by molar-refractivity contribution is 8.13. The SMILES string of the molecule is CCC(COc1ccc(C(F)(F)F)cc1)CS(=O)(=O)Cl. The Morgan fingerprint density at radius 3 is 2.20 bits per heavy atom. The Morgan fingerprint density at radius 2 is 1.80 bits per heavy atom. The number of hydrogen-bond acceptors (Lipinski definition) is 3. The van der Waals surface area contributed by atoms with Crippen molar-refractivity contribution in [3.63, 3.8) is 0 Å². The molecule has 0 aliphatic rings. The van der Waals surface area contributed by atoms with Gasteiger partial charge in [0, 0.05) is 16.6 Å². The van der Waals surface area contributed by atoms with E-state index in [1.54, 1.807) is 6.92 Å². The van der Waals surface area contributed by atoms with E-state index in [1.165, 1.54) is 12.1 Å². The van der Waals surface area contributed by atoms with E-state index >= 15 is 0 Å². The van der Waals surface area contributed by atoms with E-state index in [-0.39, 0.29) is 24.0 Å². The Bertz CT molecular complexity index is 526. The maximum Gasteiger partial charge on any atom is 0.416 e. The summed E-state index contributed by atoms with van der Waals surface area (Å²) in [5, 5.41) is 0. The van der Waals surface area contributed by atoms with Gasteiger partial charge in [0.2, 0.25) is 9.05 Å². The normalized spacial score (nSPS) is 14.1. The molecule has 0 saturated carbocycles. The van der Waals surface area contributed by atoms with Gasteiger partial charge in [0.1, 0.15) is 5.75 Å². The summed E-state index contributed by atoms with van der Waals surface area (Å²) in [6.45, 7) is 1.86. The van der Waals surface area contributed by atoms with E-state index in [0.29, 0.717) is 6.42 Å². The number of hydrogen-bond donors (Lipinski definition) is 0. The predicted molar refractivity (Wildman–Crippen MR) is 70.4 cm³/mol. The molecular formula is C12H14ClF3O3S. The van der Waals surface area contributed by atoms with Gasteiger partial charge < -0.3 is 4.74 Å². The Kier molecular flexibility index (Phi) is 5.70. The van der Waals surface area contributed by atoms with Crippen LogP contribution in [0.15, 0.2) is 24.3 Å². The van der Waals surface area contributed by atoms with Crippen LogP contribution in [0, 0.1) is 5.92 Å². The molecule has 0 amide bonds. The summed E-state index contributed by atoms with van der Waals surface area (Å²) in [5.41, 5.74) is -0.764. The molecule has 0 heterocycles. The van der Waals surface area contributed by atoms with Crippen LogP contribution < -0.4 is 4.74 Å². The highest BCUT2D eigenvalue weighted by Gasteiger charge is 2.30. The number of ether oxygens (including phenoxy) is 1. The second-order valence-electron chi connectivity index (χ2n) is 4.31. The van der Waals surface area contributed by atoms with Crippen molar-refractivity contribution in [1.29, 1.82) is 0 Å². The van der Waals surface area contributed by atoms with Gasteiger partial charge in [-0.25, -0.2) is 8.42 Å².